The standard InChI is InChI=1S/C21H31NO2.ClH/c1-17(2)21(15-9-8-12-19(21)16-22(3)4)24-20(23)14-13-18-10-6-5-7-11-18;/h5-7,10-11,13-14,17,19H,8-9,12,15-16H2,1-4H3;1H/b14-13-;. The lowest BCUT2D eigenvalue weighted by Gasteiger charge is -2.47. The van der Waals surface area contributed by atoms with Gasteiger partial charge in [0.1, 0.15) is 5.60 Å². The van der Waals surface area contributed by atoms with Crippen LogP contribution in [0.5, 0.6) is 0 Å². The number of nitrogens with zero attached hydrogens (tertiary/aromatic N) is 1. The van der Waals surface area contributed by atoms with Crippen LogP contribution in [0.2, 0.25) is 0 Å². The van der Waals surface area contributed by atoms with Crippen molar-refractivity contribution < 1.29 is 9.53 Å². The molecule has 0 saturated heterocycles. The van der Waals surface area contributed by atoms with E-state index in [2.05, 4.69) is 32.8 Å². The molecule has 1 aromatic rings. The Balaban J connectivity index is 0.00000312. The van der Waals surface area contributed by atoms with Crippen LogP contribution in [0, 0.1) is 11.8 Å². The third-order valence-electron chi connectivity index (χ3n) is 5.13. The summed E-state index contributed by atoms with van der Waals surface area (Å²) >= 11 is 0. The number of hydrogen-bond acceptors (Lipinski definition) is 3. The van der Waals surface area contributed by atoms with Gasteiger partial charge in [-0.25, -0.2) is 4.79 Å². The average Bonchev–Trinajstić information content (AvgIpc) is 2.55. The fourth-order valence-electron chi connectivity index (χ4n) is 3.89. The molecular weight excluding hydrogens is 334 g/mol. The van der Waals surface area contributed by atoms with E-state index in [-0.39, 0.29) is 24.0 Å². The Hall–Kier alpha value is -1.32. The van der Waals surface area contributed by atoms with Crippen LogP contribution in [-0.2, 0) is 9.53 Å². The maximum Gasteiger partial charge on any atom is 0.331 e. The highest BCUT2D eigenvalue weighted by atomic mass is 35.5. The molecular formula is C21H32ClNO2. The highest BCUT2D eigenvalue weighted by molar-refractivity contribution is 5.87. The summed E-state index contributed by atoms with van der Waals surface area (Å²) in [6.07, 6.45) is 7.86. The molecule has 2 atom stereocenters. The van der Waals surface area contributed by atoms with Crippen molar-refractivity contribution in [2.75, 3.05) is 20.6 Å². The van der Waals surface area contributed by atoms with Crippen molar-refractivity contribution in [1.82, 2.24) is 4.90 Å². The number of rotatable bonds is 6. The van der Waals surface area contributed by atoms with Gasteiger partial charge in [0, 0.05) is 18.5 Å². The molecule has 1 aromatic carbocycles. The van der Waals surface area contributed by atoms with Crippen LogP contribution in [0.25, 0.3) is 6.08 Å². The molecule has 25 heavy (non-hydrogen) atoms. The van der Waals surface area contributed by atoms with E-state index < -0.39 is 0 Å². The Morgan fingerprint density at radius 2 is 1.96 bits per heavy atom. The van der Waals surface area contributed by atoms with E-state index >= 15 is 0 Å². The van der Waals surface area contributed by atoms with Crippen molar-refractivity contribution in [3.05, 3.63) is 42.0 Å². The van der Waals surface area contributed by atoms with E-state index in [0.717, 1.165) is 31.4 Å². The van der Waals surface area contributed by atoms with Crippen LogP contribution in [0.3, 0.4) is 0 Å². The van der Waals surface area contributed by atoms with Crippen LogP contribution >= 0.6 is 12.4 Å². The summed E-state index contributed by atoms with van der Waals surface area (Å²) in [5.41, 5.74) is 0.669. The van der Waals surface area contributed by atoms with Crippen molar-refractivity contribution in [2.24, 2.45) is 11.8 Å². The smallest absolute Gasteiger partial charge is 0.331 e. The summed E-state index contributed by atoms with van der Waals surface area (Å²) < 4.78 is 6.12. The SMILES string of the molecule is CC(C)C1(OC(=O)/C=C\c2ccccc2)CCCCC1CN(C)C.Cl. The van der Waals surface area contributed by atoms with Crippen LogP contribution in [-0.4, -0.2) is 37.1 Å². The minimum atomic E-state index is -0.347. The molecule has 0 bridgehead atoms. The molecule has 4 heteroatoms. The van der Waals surface area contributed by atoms with Crippen molar-refractivity contribution in [3.8, 4) is 0 Å². The van der Waals surface area contributed by atoms with E-state index in [1.54, 1.807) is 6.08 Å². The molecule has 1 fully saturated rings. The van der Waals surface area contributed by atoms with Gasteiger partial charge >= 0.3 is 5.97 Å². The normalized spacial score (nSPS) is 23.7. The first-order chi connectivity index (χ1) is 11.4. The molecule has 1 aliphatic rings. The third-order valence-corrected chi connectivity index (χ3v) is 5.13. The second-order valence-corrected chi connectivity index (χ2v) is 7.48. The predicted octanol–water partition coefficient (Wildman–Crippen LogP) is 4.81. The largest absolute Gasteiger partial charge is 0.455 e. The summed E-state index contributed by atoms with van der Waals surface area (Å²) in [5.74, 6) is 0.491. The minimum Gasteiger partial charge on any atom is -0.455 e. The zero-order chi connectivity index (χ0) is 17.6. The van der Waals surface area contributed by atoms with Gasteiger partial charge in [0.15, 0.2) is 0 Å². The van der Waals surface area contributed by atoms with E-state index in [9.17, 15) is 4.79 Å². The number of carbonyl (C=O) groups is 1. The first kappa shape index (κ1) is 21.7. The summed E-state index contributed by atoms with van der Waals surface area (Å²) in [6.45, 7) is 5.33. The second-order valence-electron chi connectivity index (χ2n) is 7.48. The van der Waals surface area contributed by atoms with Crippen molar-refractivity contribution in [3.63, 3.8) is 0 Å². The van der Waals surface area contributed by atoms with Gasteiger partial charge in [-0.1, -0.05) is 50.6 Å². The lowest BCUT2D eigenvalue weighted by atomic mass is 9.69. The molecule has 1 saturated carbocycles. The van der Waals surface area contributed by atoms with Crippen molar-refractivity contribution in [1.29, 1.82) is 0 Å². The first-order valence-corrected chi connectivity index (χ1v) is 9.05. The van der Waals surface area contributed by atoms with Gasteiger partial charge in [0.2, 0.25) is 0 Å². The lowest BCUT2D eigenvalue weighted by Crippen LogP contribution is -2.52. The number of esters is 1. The van der Waals surface area contributed by atoms with Crippen LogP contribution < -0.4 is 0 Å². The Labute approximate surface area is 158 Å². The molecule has 2 unspecified atom stereocenters. The van der Waals surface area contributed by atoms with E-state index in [1.807, 2.05) is 36.4 Å². The van der Waals surface area contributed by atoms with Crippen LogP contribution in [0.4, 0.5) is 0 Å². The summed E-state index contributed by atoms with van der Waals surface area (Å²) in [5, 5.41) is 0. The summed E-state index contributed by atoms with van der Waals surface area (Å²) in [6, 6.07) is 9.87. The molecule has 0 aliphatic heterocycles. The molecule has 3 nitrogen and oxygen atoms in total. The Morgan fingerprint density at radius 3 is 2.56 bits per heavy atom. The maximum atomic E-state index is 12.5. The number of halogens is 1. The minimum absolute atomic E-state index is 0. The molecule has 0 aromatic heterocycles. The van der Waals surface area contributed by atoms with Gasteiger partial charge in [-0.15, -0.1) is 12.4 Å². The molecule has 1 aliphatic carbocycles. The quantitative estimate of drug-likeness (QED) is 0.535. The number of hydrogen-bond donors (Lipinski definition) is 0. The Bertz CT molecular complexity index is 556. The maximum absolute atomic E-state index is 12.5. The van der Waals surface area contributed by atoms with Crippen LogP contribution in [0.1, 0.15) is 45.1 Å². The fourth-order valence-corrected chi connectivity index (χ4v) is 3.89. The number of ether oxygens (including phenoxy) is 1. The van der Waals surface area contributed by atoms with Gasteiger partial charge in [0.25, 0.3) is 0 Å². The lowest BCUT2D eigenvalue weighted by molar-refractivity contribution is -0.174. The van der Waals surface area contributed by atoms with Gasteiger partial charge in [-0.05, 0) is 50.9 Å². The highest BCUT2D eigenvalue weighted by Gasteiger charge is 2.46. The van der Waals surface area contributed by atoms with Gasteiger partial charge < -0.3 is 9.64 Å². The fraction of sp³-hybridized carbons (Fsp3) is 0.571. The summed E-state index contributed by atoms with van der Waals surface area (Å²) in [4.78, 5) is 14.7. The highest BCUT2D eigenvalue weighted by Crippen LogP contribution is 2.42. The molecule has 0 radical (unpaired) electrons. The summed E-state index contributed by atoms with van der Waals surface area (Å²) in [7, 11) is 4.19. The van der Waals surface area contributed by atoms with E-state index in [1.165, 1.54) is 6.42 Å². The first-order valence-electron chi connectivity index (χ1n) is 9.05. The van der Waals surface area contributed by atoms with E-state index in [0.29, 0.717) is 11.8 Å². The van der Waals surface area contributed by atoms with Crippen molar-refractivity contribution >= 4 is 24.5 Å². The molecule has 140 valence electrons. The molecule has 2 rings (SSSR count). The molecule has 0 spiro atoms. The Morgan fingerprint density at radius 1 is 1.28 bits per heavy atom. The predicted molar refractivity (Wildman–Crippen MR) is 107 cm³/mol. The molecule has 0 heterocycles. The molecule has 0 amide bonds. The topological polar surface area (TPSA) is 29.5 Å². The van der Waals surface area contributed by atoms with Gasteiger partial charge in [-0.2, -0.15) is 0 Å². The number of benzene rings is 1. The van der Waals surface area contributed by atoms with Gasteiger partial charge in [-0.3, -0.25) is 0 Å². The second kappa shape index (κ2) is 9.98. The van der Waals surface area contributed by atoms with E-state index in [4.69, 9.17) is 4.74 Å². The monoisotopic (exact) mass is 365 g/mol. The van der Waals surface area contributed by atoms with Crippen LogP contribution in [0.15, 0.2) is 36.4 Å². The van der Waals surface area contributed by atoms with Crippen molar-refractivity contribution in [2.45, 2.75) is 45.1 Å². The molecule has 0 N–H and O–H groups in total. The average molecular weight is 366 g/mol. The third kappa shape index (κ3) is 5.86. The zero-order valence-electron chi connectivity index (χ0n) is 15.9. The number of carbonyl (C=O) groups excluding carboxylic acids is 1. The van der Waals surface area contributed by atoms with Gasteiger partial charge in [0.05, 0.1) is 0 Å². The zero-order valence-corrected chi connectivity index (χ0v) is 16.7. The Kier molecular flexibility index (Phi) is 8.67.